The highest BCUT2D eigenvalue weighted by Crippen LogP contribution is 2.09. The minimum Gasteiger partial charge on any atom is -0.399 e. The van der Waals surface area contributed by atoms with Crippen molar-refractivity contribution in [3.05, 3.63) is 29.8 Å². The summed E-state index contributed by atoms with van der Waals surface area (Å²) in [7, 11) is -4.24. The van der Waals surface area contributed by atoms with Crippen LogP contribution in [-0.2, 0) is 26.6 Å². The van der Waals surface area contributed by atoms with Gasteiger partial charge in [-0.05, 0) is 24.1 Å². The van der Waals surface area contributed by atoms with Crippen molar-refractivity contribution in [3.8, 4) is 0 Å². The summed E-state index contributed by atoms with van der Waals surface area (Å²) in [5.41, 5.74) is 6.78. The maximum atomic E-state index is 11.7. The number of benzene rings is 1. The van der Waals surface area contributed by atoms with Crippen LogP contribution in [0.2, 0.25) is 0 Å². The molecule has 0 spiro atoms. The first-order valence-corrected chi connectivity index (χ1v) is 8.89. The Labute approximate surface area is 110 Å². The van der Waals surface area contributed by atoms with Gasteiger partial charge in [-0.1, -0.05) is 12.1 Å². The lowest BCUT2D eigenvalue weighted by Crippen LogP contribution is -2.27. The molecular weight excluding hydrogens is 272 g/mol. The third-order valence-electron chi connectivity index (χ3n) is 2.24. The van der Waals surface area contributed by atoms with E-state index in [0.29, 0.717) is 30.0 Å². The molecule has 1 unspecified atom stereocenters. The van der Waals surface area contributed by atoms with Gasteiger partial charge in [-0.25, -0.2) is 13.1 Å². The van der Waals surface area contributed by atoms with E-state index in [1.54, 1.807) is 30.5 Å². The fraction of sp³-hybridized carbons (Fsp3) is 0.455. The minimum absolute atomic E-state index is 0.0900. The van der Waals surface area contributed by atoms with E-state index in [4.69, 9.17) is 5.73 Å². The van der Waals surface area contributed by atoms with Crippen molar-refractivity contribution in [3.63, 3.8) is 0 Å². The van der Waals surface area contributed by atoms with Crippen molar-refractivity contribution in [1.82, 2.24) is 4.72 Å². The van der Waals surface area contributed by atoms with E-state index in [1.807, 2.05) is 0 Å². The Kier molecular flexibility index (Phi) is 5.77. The van der Waals surface area contributed by atoms with Crippen LogP contribution in [0.25, 0.3) is 0 Å². The molecule has 0 saturated carbocycles. The first kappa shape index (κ1) is 15.1. The van der Waals surface area contributed by atoms with Gasteiger partial charge in [0, 0.05) is 35.0 Å². The lowest BCUT2D eigenvalue weighted by Gasteiger charge is -2.06. The largest absolute Gasteiger partial charge is 0.399 e. The summed E-state index contributed by atoms with van der Waals surface area (Å²) in [4.78, 5) is 0. The standard InChI is InChI=1S/C11H18N2O3S2/c1-17(14)7-3-6-13-18(15,16)9-10-4-2-5-11(12)8-10/h2,4-5,8,13H,3,6-7,9,12H2,1H3. The van der Waals surface area contributed by atoms with Crippen molar-refractivity contribution in [2.75, 3.05) is 24.3 Å². The van der Waals surface area contributed by atoms with Crippen molar-refractivity contribution in [1.29, 1.82) is 0 Å². The highest BCUT2D eigenvalue weighted by molar-refractivity contribution is 7.88. The van der Waals surface area contributed by atoms with Crippen LogP contribution in [0, 0.1) is 0 Å². The second-order valence-electron chi connectivity index (χ2n) is 4.03. The number of hydrogen-bond acceptors (Lipinski definition) is 4. The number of anilines is 1. The third-order valence-corrected chi connectivity index (χ3v) is 4.46. The number of nitrogens with two attached hydrogens (primary N) is 1. The molecule has 0 fully saturated rings. The Hall–Kier alpha value is -0.920. The van der Waals surface area contributed by atoms with Gasteiger partial charge in [0.15, 0.2) is 0 Å². The van der Waals surface area contributed by atoms with E-state index < -0.39 is 20.8 Å². The molecule has 0 aliphatic carbocycles. The van der Waals surface area contributed by atoms with Gasteiger partial charge >= 0.3 is 0 Å². The van der Waals surface area contributed by atoms with Crippen LogP contribution in [-0.4, -0.2) is 31.2 Å². The van der Waals surface area contributed by atoms with Gasteiger partial charge in [-0.2, -0.15) is 0 Å². The van der Waals surface area contributed by atoms with E-state index in [0.717, 1.165) is 0 Å². The van der Waals surface area contributed by atoms with Crippen LogP contribution in [0.3, 0.4) is 0 Å². The van der Waals surface area contributed by atoms with E-state index in [2.05, 4.69) is 4.72 Å². The van der Waals surface area contributed by atoms with E-state index in [-0.39, 0.29) is 5.75 Å². The molecule has 7 heteroatoms. The monoisotopic (exact) mass is 290 g/mol. The maximum Gasteiger partial charge on any atom is 0.215 e. The zero-order valence-corrected chi connectivity index (χ0v) is 11.9. The van der Waals surface area contributed by atoms with E-state index >= 15 is 0 Å². The summed E-state index contributed by atoms with van der Waals surface area (Å²) in [6.07, 6.45) is 2.17. The predicted octanol–water partition coefficient (Wildman–Crippen LogP) is 0.457. The molecule has 0 heterocycles. The van der Waals surface area contributed by atoms with Gasteiger partial charge in [0.2, 0.25) is 10.0 Å². The molecule has 1 atom stereocenters. The first-order valence-electron chi connectivity index (χ1n) is 5.51. The van der Waals surface area contributed by atoms with Crippen LogP contribution in [0.15, 0.2) is 24.3 Å². The Bertz CT molecular complexity index is 515. The zero-order chi connectivity index (χ0) is 13.6. The second-order valence-corrected chi connectivity index (χ2v) is 7.39. The molecule has 102 valence electrons. The summed E-state index contributed by atoms with van der Waals surface area (Å²) in [5.74, 6) is 0.411. The third kappa shape index (κ3) is 6.13. The first-order chi connectivity index (χ1) is 8.39. The van der Waals surface area contributed by atoms with Gasteiger partial charge in [-0.3, -0.25) is 4.21 Å². The molecule has 0 aromatic heterocycles. The normalized spacial score (nSPS) is 13.4. The molecule has 1 rings (SSSR count). The van der Waals surface area contributed by atoms with Crippen LogP contribution in [0.5, 0.6) is 0 Å². The fourth-order valence-corrected chi connectivity index (χ4v) is 3.18. The van der Waals surface area contributed by atoms with Crippen LogP contribution in [0.1, 0.15) is 12.0 Å². The molecule has 0 saturated heterocycles. The molecule has 3 N–H and O–H groups in total. The minimum atomic E-state index is -3.35. The van der Waals surface area contributed by atoms with E-state index in [9.17, 15) is 12.6 Å². The number of rotatable bonds is 7. The van der Waals surface area contributed by atoms with Crippen molar-refractivity contribution >= 4 is 26.5 Å². The van der Waals surface area contributed by atoms with Crippen LogP contribution >= 0.6 is 0 Å². The quantitative estimate of drug-likeness (QED) is 0.564. The SMILES string of the molecule is CS(=O)CCCNS(=O)(=O)Cc1cccc(N)c1. The Morgan fingerprint density at radius 1 is 1.39 bits per heavy atom. The topological polar surface area (TPSA) is 89.3 Å². The van der Waals surface area contributed by atoms with Gasteiger partial charge in [0.05, 0.1) is 5.75 Å². The van der Waals surface area contributed by atoms with Gasteiger partial charge in [0.1, 0.15) is 0 Å². The van der Waals surface area contributed by atoms with Gasteiger partial charge in [-0.15, -0.1) is 0 Å². The number of sulfonamides is 1. The smallest absolute Gasteiger partial charge is 0.215 e. The van der Waals surface area contributed by atoms with Crippen molar-refractivity contribution < 1.29 is 12.6 Å². The van der Waals surface area contributed by atoms with Crippen LogP contribution in [0.4, 0.5) is 5.69 Å². The van der Waals surface area contributed by atoms with Gasteiger partial charge in [0.25, 0.3) is 0 Å². The summed E-state index contributed by atoms with van der Waals surface area (Å²) in [6.45, 7) is 0.310. The van der Waals surface area contributed by atoms with Gasteiger partial charge < -0.3 is 5.73 Å². The summed E-state index contributed by atoms with van der Waals surface area (Å²) < 4.78 is 36.8. The average molecular weight is 290 g/mol. The molecule has 0 radical (unpaired) electrons. The molecule has 18 heavy (non-hydrogen) atoms. The van der Waals surface area contributed by atoms with Crippen molar-refractivity contribution in [2.24, 2.45) is 0 Å². The summed E-state index contributed by atoms with van der Waals surface area (Å²) in [5, 5.41) is 0. The second kappa shape index (κ2) is 6.86. The van der Waals surface area contributed by atoms with Crippen LogP contribution < -0.4 is 10.5 Å². The fourth-order valence-electron chi connectivity index (χ4n) is 1.46. The Morgan fingerprint density at radius 3 is 2.72 bits per heavy atom. The number of nitrogens with one attached hydrogen (secondary N) is 1. The molecule has 5 nitrogen and oxygen atoms in total. The number of nitrogen functional groups attached to an aromatic ring is 1. The lowest BCUT2D eigenvalue weighted by atomic mass is 10.2. The molecule has 0 aliphatic heterocycles. The zero-order valence-electron chi connectivity index (χ0n) is 10.3. The Balaban J connectivity index is 2.47. The van der Waals surface area contributed by atoms with Crippen molar-refractivity contribution in [2.45, 2.75) is 12.2 Å². The highest BCUT2D eigenvalue weighted by Gasteiger charge is 2.10. The highest BCUT2D eigenvalue weighted by atomic mass is 32.2. The Morgan fingerprint density at radius 2 is 2.11 bits per heavy atom. The molecule has 0 amide bonds. The molecule has 0 bridgehead atoms. The maximum absolute atomic E-state index is 11.7. The lowest BCUT2D eigenvalue weighted by molar-refractivity contribution is 0.580. The molecule has 0 aliphatic rings. The average Bonchev–Trinajstić information content (AvgIpc) is 2.23. The predicted molar refractivity (Wildman–Crippen MR) is 75.0 cm³/mol. The van der Waals surface area contributed by atoms with E-state index in [1.165, 1.54) is 0 Å². The number of hydrogen-bond donors (Lipinski definition) is 2. The summed E-state index contributed by atoms with van der Waals surface area (Å²) >= 11 is 0. The molecule has 1 aromatic carbocycles. The molecular formula is C11H18N2O3S2. The summed E-state index contributed by atoms with van der Waals surface area (Å²) in [6, 6.07) is 6.79. The molecule has 1 aromatic rings.